The molecule has 1 N–H and O–H groups in total. The van der Waals surface area contributed by atoms with E-state index in [4.69, 9.17) is 0 Å². The largest absolute Gasteiger partial charge is 0.417 e. The lowest BCUT2D eigenvalue weighted by molar-refractivity contribution is -0.0527. The molecule has 128 valence electrons. The number of hydrogen-bond donors (Lipinski definition) is 1. The third kappa shape index (κ3) is 10.3. The third-order valence-electron chi connectivity index (χ3n) is 2.87. The Labute approximate surface area is 132 Å². The number of piperidine rings is 1. The summed E-state index contributed by atoms with van der Waals surface area (Å²) in [5.41, 5.74) is 0. The van der Waals surface area contributed by atoms with Gasteiger partial charge in [-0.15, -0.1) is 0 Å². The summed E-state index contributed by atoms with van der Waals surface area (Å²) < 4.78 is 27.6. The molecule has 0 unspecified atom stereocenters. The van der Waals surface area contributed by atoms with Crippen molar-refractivity contribution in [2.24, 2.45) is 0 Å². The van der Waals surface area contributed by atoms with Gasteiger partial charge in [0.2, 0.25) is 5.88 Å². The van der Waals surface area contributed by atoms with E-state index >= 15 is 0 Å². The van der Waals surface area contributed by atoms with Crippen molar-refractivity contribution in [3.8, 4) is 5.88 Å². The van der Waals surface area contributed by atoms with Crippen LogP contribution in [0.4, 0.5) is 14.6 Å². The molecule has 0 spiro atoms. The average Bonchev–Trinajstić information content (AvgIpc) is 2.51. The summed E-state index contributed by atoms with van der Waals surface area (Å²) in [5, 5.41) is 2.89. The molecule has 2 rings (SSSR count). The van der Waals surface area contributed by atoms with Gasteiger partial charge in [0.25, 0.3) is 0 Å². The summed E-state index contributed by atoms with van der Waals surface area (Å²) in [6.07, 6.45) is 4.28. The van der Waals surface area contributed by atoms with Crippen molar-refractivity contribution in [3.05, 3.63) is 18.2 Å². The molecule has 6 heteroatoms. The van der Waals surface area contributed by atoms with Gasteiger partial charge in [0.15, 0.2) is 0 Å². The van der Waals surface area contributed by atoms with Gasteiger partial charge in [-0.25, -0.2) is 0 Å². The Morgan fingerprint density at radius 3 is 2.32 bits per heavy atom. The molecule has 1 saturated heterocycles. The van der Waals surface area contributed by atoms with Crippen LogP contribution in [0.25, 0.3) is 0 Å². The molecular weight excluding hydrogens is 288 g/mol. The fraction of sp³-hybridized carbons (Fsp3) is 0.688. The highest BCUT2D eigenvalue weighted by atomic mass is 19.3. The summed E-state index contributed by atoms with van der Waals surface area (Å²) in [6, 6.07) is 4.66. The second-order valence-corrected chi connectivity index (χ2v) is 4.63. The zero-order valence-electron chi connectivity index (χ0n) is 14.1. The minimum Gasteiger partial charge on any atom is -0.417 e. The number of rotatable bonds is 4. The van der Waals surface area contributed by atoms with Gasteiger partial charge in [0.05, 0.1) is 0 Å². The minimum absolute atomic E-state index is 0.0755. The van der Waals surface area contributed by atoms with Crippen LogP contribution in [0, 0.1) is 0 Å². The first kappa shape index (κ1) is 20.6. The molecule has 1 aromatic rings. The predicted molar refractivity (Wildman–Crippen MR) is 87.7 cm³/mol. The van der Waals surface area contributed by atoms with Gasteiger partial charge in [0, 0.05) is 12.6 Å². The number of halogens is 2. The van der Waals surface area contributed by atoms with Crippen molar-refractivity contribution < 1.29 is 13.5 Å². The standard InChI is InChI=1S/C8H10F2N2O.C6H13N.C2H6/c1-2-11-6-4-3-5-7(12-6)13-8(9)10;1-7-5-3-2-4-6-7;1-2/h3-5,8H,2H2,1H3,(H,11,12);2-6H2,1H3;1-2H3. The maximum absolute atomic E-state index is 11.8. The number of nitrogens with one attached hydrogen (secondary N) is 1. The first-order valence-corrected chi connectivity index (χ1v) is 7.96. The number of ether oxygens (including phenoxy) is 1. The van der Waals surface area contributed by atoms with E-state index in [-0.39, 0.29) is 5.88 Å². The van der Waals surface area contributed by atoms with Crippen LogP contribution in [-0.2, 0) is 0 Å². The molecule has 0 aromatic carbocycles. The van der Waals surface area contributed by atoms with Gasteiger partial charge in [-0.3, -0.25) is 0 Å². The number of pyridine rings is 1. The Morgan fingerprint density at radius 1 is 1.23 bits per heavy atom. The maximum atomic E-state index is 11.8. The van der Waals surface area contributed by atoms with Gasteiger partial charge in [-0.1, -0.05) is 26.3 Å². The van der Waals surface area contributed by atoms with Crippen LogP contribution in [0.2, 0.25) is 0 Å². The Kier molecular flexibility index (Phi) is 12.4. The van der Waals surface area contributed by atoms with Crippen molar-refractivity contribution in [3.63, 3.8) is 0 Å². The molecule has 0 saturated carbocycles. The van der Waals surface area contributed by atoms with Crippen LogP contribution in [-0.4, -0.2) is 43.2 Å². The van der Waals surface area contributed by atoms with Crippen molar-refractivity contribution in [1.82, 2.24) is 9.88 Å². The van der Waals surface area contributed by atoms with Crippen LogP contribution in [0.3, 0.4) is 0 Å². The van der Waals surface area contributed by atoms with Crippen LogP contribution >= 0.6 is 0 Å². The van der Waals surface area contributed by atoms with Crippen molar-refractivity contribution in [2.75, 3.05) is 32.0 Å². The molecule has 0 radical (unpaired) electrons. The van der Waals surface area contributed by atoms with E-state index in [0.29, 0.717) is 12.4 Å². The van der Waals surface area contributed by atoms with Gasteiger partial charge in [0.1, 0.15) is 5.82 Å². The fourth-order valence-electron chi connectivity index (χ4n) is 1.90. The molecule has 4 nitrogen and oxygen atoms in total. The maximum Gasteiger partial charge on any atom is 0.388 e. The van der Waals surface area contributed by atoms with E-state index in [2.05, 4.69) is 27.0 Å². The Hall–Kier alpha value is -1.43. The number of aromatic nitrogens is 1. The molecule has 0 atom stereocenters. The Morgan fingerprint density at radius 2 is 1.86 bits per heavy atom. The molecular formula is C16H29F2N3O. The molecule has 0 amide bonds. The van der Waals surface area contributed by atoms with Crippen LogP contribution in [0.15, 0.2) is 18.2 Å². The molecule has 1 aliphatic heterocycles. The van der Waals surface area contributed by atoms with Gasteiger partial charge in [-0.05, 0) is 46.0 Å². The Balaban J connectivity index is 0.000000412. The highest BCUT2D eigenvalue weighted by Gasteiger charge is 2.05. The zero-order valence-corrected chi connectivity index (χ0v) is 14.1. The summed E-state index contributed by atoms with van der Waals surface area (Å²) in [5.74, 6) is 0.453. The smallest absolute Gasteiger partial charge is 0.388 e. The number of anilines is 1. The van der Waals surface area contributed by atoms with Crippen molar-refractivity contribution in [1.29, 1.82) is 0 Å². The highest BCUT2D eigenvalue weighted by molar-refractivity contribution is 5.36. The van der Waals surface area contributed by atoms with Gasteiger partial charge in [-0.2, -0.15) is 13.8 Å². The highest BCUT2D eigenvalue weighted by Crippen LogP contribution is 2.13. The zero-order chi connectivity index (χ0) is 16.8. The molecule has 0 aliphatic carbocycles. The summed E-state index contributed by atoms with van der Waals surface area (Å²) in [6.45, 7) is 6.39. The first-order valence-electron chi connectivity index (χ1n) is 7.96. The molecule has 0 bridgehead atoms. The quantitative estimate of drug-likeness (QED) is 0.901. The monoisotopic (exact) mass is 317 g/mol. The SMILES string of the molecule is CC.CCNc1cccc(OC(F)F)n1.CN1CCCCC1. The normalized spacial score (nSPS) is 14.3. The summed E-state index contributed by atoms with van der Waals surface area (Å²) in [4.78, 5) is 6.18. The average molecular weight is 317 g/mol. The van der Waals surface area contributed by atoms with E-state index in [1.807, 2.05) is 20.8 Å². The van der Waals surface area contributed by atoms with Crippen LogP contribution < -0.4 is 10.1 Å². The van der Waals surface area contributed by atoms with E-state index in [0.717, 1.165) is 0 Å². The van der Waals surface area contributed by atoms with E-state index < -0.39 is 6.61 Å². The lowest BCUT2D eigenvalue weighted by Gasteiger charge is -2.20. The van der Waals surface area contributed by atoms with E-state index in [9.17, 15) is 8.78 Å². The topological polar surface area (TPSA) is 37.4 Å². The molecule has 1 fully saturated rings. The lowest BCUT2D eigenvalue weighted by atomic mass is 10.1. The fourth-order valence-corrected chi connectivity index (χ4v) is 1.90. The lowest BCUT2D eigenvalue weighted by Crippen LogP contribution is -2.24. The number of hydrogen-bond acceptors (Lipinski definition) is 4. The molecule has 1 aliphatic rings. The first-order chi connectivity index (χ1) is 10.6. The van der Waals surface area contributed by atoms with Gasteiger partial charge >= 0.3 is 6.61 Å². The molecule has 2 heterocycles. The predicted octanol–water partition coefficient (Wildman–Crippen LogP) is 4.24. The molecule has 22 heavy (non-hydrogen) atoms. The Bertz CT molecular complexity index is 372. The van der Waals surface area contributed by atoms with Gasteiger partial charge < -0.3 is 15.0 Å². The summed E-state index contributed by atoms with van der Waals surface area (Å²) in [7, 11) is 2.19. The van der Waals surface area contributed by atoms with Crippen molar-refractivity contribution in [2.45, 2.75) is 46.6 Å². The third-order valence-corrected chi connectivity index (χ3v) is 2.87. The number of nitrogens with zero attached hydrogens (tertiary/aromatic N) is 2. The second kappa shape index (κ2) is 13.2. The number of likely N-dealkylation sites (tertiary alicyclic amines) is 1. The van der Waals surface area contributed by atoms with Crippen LogP contribution in [0.5, 0.6) is 5.88 Å². The van der Waals surface area contributed by atoms with Crippen LogP contribution in [0.1, 0.15) is 40.0 Å². The van der Waals surface area contributed by atoms with E-state index in [1.54, 1.807) is 12.1 Å². The number of alkyl halides is 2. The second-order valence-electron chi connectivity index (χ2n) is 4.63. The van der Waals surface area contributed by atoms with E-state index in [1.165, 1.54) is 38.4 Å². The summed E-state index contributed by atoms with van der Waals surface area (Å²) >= 11 is 0. The van der Waals surface area contributed by atoms with Crippen molar-refractivity contribution >= 4 is 5.82 Å². The minimum atomic E-state index is -2.83. The molecule has 1 aromatic heterocycles.